The standard InChI is InChI=1S/C8H14N2O/c1-8(2)4-3-7(9)10(5-8)6-11/h6,9H,3-5H2,1-2H3. The van der Waals surface area contributed by atoms with Crippen LogP contribution in [0.25, 0.3) is 0 Å². The van der Waals surface area contributed by atoms with Crippen molar-refractivity contribution in [3.8, 4) is 0 Å². The summed E-state index contributed by atoms with van der Waals surface area (Å²) in [5, 5.41) is 7.42. The second kappa shape index (κ2) is 2.64. The molecule has 3 nitrogen and oxygen atoms in total. The predicted octanol–water partition coefficient (Wildman–Crippen LogP) is 1.24. The fraction of sp³-hybridized carbons (Fsp3) is 0.750. The summed E-state index contributed by atoms with van der Waals surface area (Å²) in [7, 11) is 0. The van der Waals surface area contributed by atoms with Crippen molar-refractivity contribution in [1.29, 1.82) is 5.41 Å². The minimum absolute atomic E-state index is 0.186. The molecule has 0 atom stereocenters. The van der Waals surface area contributed by atoms with Gasteiger partial charge < -0.3 is 4.90 Å². The molecule has 1 saturated heterocycles. The van der Waals surface area contributed by atoms with E-state index in [4.69, 9.17) is 5.41 Å². The molecule has 62 valence electrons. The van der Waals surface area contributed by atoms with E-state index < -0.39 is 0 Å². The zero-order valence-electron chi connectivity index (χ0n) is 7.05. The van der Waals surface area contributed by atoms with Gasteiger partial charge in [0.2, 0.25) is 6.41 Å². The van der Waals surface area contributed by atoms with E-state index >= 15 is 0 Å². The lowest BCUT2D eigenvalue weighted by Gasteiger charge is -2.35. The van der Waals surface area contributed by atoms with Crippen LogP contribution >= 0.6 is 0 Å². The predicted molar refractivity (Wildman–Crippen MR) is 43.5 cm³/mol. The molecule has 1 heterocycles. The Morgan fingerprint density at radius 2 is 2.27 bits per heavy atom. The summed E-state index contributed by atoms with van der Waals surface area (Å²) >= 11 is 0. The van der Waals surface area contributed by atoms with Crippen molar-refractivity contribution in [2.24, 2.45) is 5.41 Å². The number of amides is 1. The van der Waals surface area contributed by atoms with Gasteiger partial charge in [0, 0.05) is 13.0 Å². The molecular formula is C8H14N2O. The molecule has 0 spiro atoms. The monoisotopic (exact) mass is 154 g/mol. The highest BCUT2D eigenvalue weighted by molar-refractivity contribution is 5.89. The Labute approximate surface area is 66.9 Å². The highest BCUT2D eigenvalue weighted by atomic mass is 16.1. The average molecular weight is 154 g/mol. The summed E-state index contributed by atoms with van der Waals surface area (Å²) < 4.78 is 0. The van der Waals surface area contributed by atoms with Crippen LogP contribution in [0.15, 0.2) is 0 Å². The van der Waals surface area contributed by atoms with Gasteiger partial charge in [-0.05, 0) is 11.8 Å². The van der Waals surface area contributed by atoms with Crippen LogP contribution < -0.4 is 0 Å². The van der Waals surface area contributed by atoms with Crippen LogP contribution in [-0.2, 0) is 4.79 Å². The first-order valence-corrected chi connectivity index (χ1v) is 3.84. The van der Waals surface area contributed by atoms with Crippen LogP contribution in [0.1, 0.15) is 26.7 Å². The number of carbonyl (C=O) groups is 1. The molecule has 1 rings (SSSR count). The zero-order chi connectivity index (χ0) is 8.48. The highest BCUT2D eigenvalue weighted by Gasteiger charge is 2.28. The first-order chi connectivity index (χ1) is 5.05. The topological polar surface area (TPSA) is 44.2 Å². The van der Waals surface area contributed by atoms with Crippen molar-refractivity contribution < 1.29 is 4.79 Å². The van der Waals surface area contributed by atoms with Crippen molar-refractivity contribution in [3.05, 3.63) is 0 Å². The first kappa shape index (κ1) is 8.24. The van der Waals surface area contributed by atoms with Crippen molar-refractivity contribution in [2.75, 3.05) is 6.54 Å². The maximum Gasteiger partial charge on any atom is 0.215 e. The summed E-state index contributed by atoms with van der Waals surface area (Å²) in [6.45, 7) is 4.93. The van der Waals surface area contributed by atoms with Gasteiger partial charge in [-0.1, -0.05) is 13.8 Å². The number of amidine groups is 1. The highest BCUT2D eigenvalue weighted by Crippen LogP contribution is 2.28. The maximum absolute atomic E-state index is 10.4. The maximum atomic E-state index is 10.4. The largest absolute Gasteiger partial charge is 0.303 e. The molecule has 0 aromatic carbocycles. The zero-order valence-corrected chi connectivity index (χ0v) is 7.05. The summed E-state index contributed by atoms with van der Waals surface area (Å²) in [5.74, 6) is 0.458. The second-order valence-corrected chi connectivity index (χ2v) is 3.84. The first-order valence-electron chi connectivity index (χ1n) is 3.84. The van der Waals surface area contributed by atoms with Gasteiger partial charge in [-0.25, -0.2) is 0 Å². The van der Waals surface area contributed by atoms with Crippen molar-refractivity contribution >= 4 is 12.2 Å². The number of hydrogen-bond acceptors (Lipinski definition) is 2. The molecule has 0 radical (unpaired) electrons. The molecule has 1 fully saturated rings. The Morgan fingerprint density at radius 3 is 2.73 bits per heavy atom. The van der Waals surface area contributed by atoms with Gasteiger partial charge in [0.25, 0.3) is 0 Å². The van der Waals surface area contributed by atoms with Crippen LogP contribution in [-0.4, -0.2) is 23.7 Å². The summed E-state index contributed by atoms with van der Waals surface area (Å²) in [4.78, 5) is 11.9. The van der Waals surface area contributed by atoms with E-state index in [-0.39, 0.29) is 5.41 Å². The van der Waals surface area contributed by atoms with Crippen molar-refractivity contribution in [1.82, 2.24) is 4.90 Å². The molecule has 11 heavy (non-hydrogen) atoms. The van der Waals surface area contributed by atoms with Crippen molar-refractivity contribution in [2.45, 2.75) is 26.7 Å². The minimum atomic E-state index is 0.186. The molecule has 1 amide bonds. The Bertz CT molecular complexity index is 187. The van der Waals surface area contributed by atoms with Crippen LogP contribution in [0.4, 0.5) is 0 Å². The molecule has 0 unspecified atom stereocenters. The minimum Gasteiger partial charge on any atom is -0.303 e. The van der Waals surface area contributed by atoms with E-state index in [2.05, 4.69) is 13.8 Å². The van der Waals surface area contributed by atoms with Crippen LogP contribution in [0.3, 0.4) is 0 Å². The Hall–Kier alpha value is -0.860. The Morgan fingerprint density at radius 1 is 1.64 bits per heavy atom. The number of carbonyl (C=O) groups excluding carboxylic acids is 1. The molecule has 0 saturated carbocycles. The summed E-state index contributed by atoms with van der Waals surface area (Å²) in [6.07, 6.45) is 2.49. The molecule has 3 heteroatoms. The number of rotatable bonds is 1. The van der Waals surface area contributed by atoms with Crippen LogP contribution in [0, 0.1) is 10.8 Å². The van der Waals surface area contributed by atoms with Gasteiger partial charge in [0.15, 0.2) is 0 Å². The van der Waals surface area contributed by atoms with Crippen molar-refractivity contribution in [3.63, 3.8) is 0 Å². The third-order valence-electron chi connectivity index (χ3n) is 2.11. The Balaban J connectivity index is 2.65. The van der Waals surface area contributed by atoms with E-state index in [1.807, 2.05) is 0 Å². The molecular weight excluding hydrogens is 140 g/mol. The Kier molecular flexibility index (Phi) is 1.98. The number of hydrogen-bond donors (Lipinski definition) is 1. The average Bonchev–Trinajstić information content (AvgIpc) is 1.94. The molecule has 1 aliphatic rings. The smallest absolute Gasteiger partial charge is 0.215 e. The lowest BCUT2D eigenvalue weighted by molar-refractivity contribution is -0.116. The molecule has 0 aliphatic carbocycles. The van der Waals surface area contributed by atoms with Crippen LogP contribution in [0.5, 0.6) is 0 Å². The van der Waals surface area contributed by atoms with Gasteiger partial charge in [-0.15, -0.1) is 0 Å². The SMILES string of the molecule is CC1(C)CCC(=N)N(C=O)C1. The molecule has 1 aliphatic heterocycles. The molecule has 0 bridgehead atoms. The molecule has 1 N–H and O–H groups in total. The fourth-order valence-corrected chi connectivity index (χ4v) is 1.34. The summed E-state index contributed by atoms with van der Waals surface area (Å²) in [5.41, 5.74) is 0.186. The number of nitrogens with one attached hydrogen (secondary N) is 1. The third kappa shape index (κ3) is 1.79. The number of nitrogens with zero attached hydrogens (tertiary/aromatic N) is 1. The van der Waals surface area contributed by atoms with Gasteiger partial charge >= 0.3 is 0 Å². The van der Waals surface area contributed by atoms with E-state index in [9.17, 15) is 4.79 Å². The number of likely N-dealkylation sites (tertiary alicyclic amines) is 1. The van der Waals surface area contributed by atoms with Gasteiger partial charge in [-0.2, -0.15) is 0 Å². The third-order valence-corrected chi connectivity index (χ3v) is 2.11. The van der Waals surface area contributed by atoms with E-state index in [0.717, 1.165) is 19.3 Å². The van der Waals surface area contributed by atoms with Gasteiger partial charge in [0.1, 0.15) is 5.84 Å². The lowest BCUT2D eigenvalue weighted by Crippen LogP contribution is -2.42. The van der Waals surface area contributed by atoms with E-state index in [0.29, 0.717) is 12.4 Å². The van der Waals surface area contributed by atoms with E-state index in [1.54, 1.807) is 0 Å². The van der Waals surface area contributed by atoms with Crippen LogP contribution in [0.2, 0.25) is 0 Å². The fourth-order valence-electron chi connectivity index (χ4n) is 1.34. The molecule has 0 aromatic rings. The number of piperidine rings is 1. The van der Waals surface area contributed by atoms with E-state index in [1.165, 1.54) is 4.90 Å². The molecule has 0 aromatic heterocycles. The van der Waals surface area contributed by atoms with Gasteiger partial charge in [-0.3, -0.25) is 10.2 Å². The van der Waals surface area contributed by atoms with Gasteiger partial charge in [0.05, 0.1) is 0 Å². The second-order valence-electron chi connectivity index (χ2n) is 3.84. The lowest BCUT2D eigenvalue weighted by atomic mass is 9.84. The summed E-state index contributed by atoms with van der Waals surface area (Å²) in [6, 6.07) is 0. The quantitative estimate of drug-likeness (QED) is 0.567. The normalized spacial score (nSPS) is 23.5.